The van der Waals surface area contributed by atoms with Gasteiger partial charge in [-0.1, -0.05) is 31.5 Å². The van der Waals surface area contributed by atoms with Gasteiger partial charge in [0.15, 0.2) is 0 Å². The molecule has 18 heavy (non-hydrogen) atoms. The molecule has 0 aliphatic carbocycles. The van der Waals surface area contributed by atoms with Crippen LogP contribution >= 0.6 is 11.6 Å². The summed E-state index contributed by atoms with van der Waals surface area (Å²) >= 11 is 5.98. The summed E-state index contributed by atoms with van der Waals surface area (Å²) in [5, 5.41) is 4.66. The Morgan fingerprint density at radius 1 is 1.44 bits per heavy atom. The van der Waals surface area contributed by atoms with Gasteiger partial charge >= 0.3 is 0 Å². The van der Waals surface area contributed by atoms with E-state index in [4.69, 9.17) is 16.3 Å². The van der Waals surface area contributed by atoms with Gasteiger partial charge in [-0.25, -0.2) is 5.43 Å². The first kappa shape index (κ1) is 12.9. The Morgan fingerprint density at radius 3 is 2.78 bits per heavy atom. The van der Waals surface area contributed by atoms with Crippen molar-refractivity contribution in [1.82, 2.24) is 5.43 Å². The molecule has 0 bridgehead atoms. The molecule has 1 aliphatic rings. The molecule has 1 N–H and O–H groups in total. The van der Waals surface area contributed by atoms with E-state index in [1.165, 1.54) is 0 Å². The lowest BCUT2D eigenvalue weighted by Crippen LogP contribution is -2.40. The Balaban J connectivity index is 2.36. The first-order valence-corrected chi connectivity index (χ1v) is 6.03. The van der Waals surface area contributed by atoms with E-state index in [2.05, 4.69) is 10.5 Å². The van der Waals surface area contributed by atoms with Crippen LogP contribution in [0.1, 0.15) is 25.8 Å². The third kappa shape index (κ3) is 2.34. The van der Waals surface area contributed by atoms with Gasteiger partial charge in [0.1, 0.15) is 5.75 Å². The van der Waals surface area contributed by atoms with Gasteiger partial charge in [0.2, 0.25) is 5.91 Å². The van der Waals surface area contributed by atoms with Crippen molar-refractivity contribution in [3.05, 3.63) is 28.8 Å². The van der Waals surface area contributed by atoms with Crippen LogP contribution < -0.4 is 10.2 Å². The molecule has 5 heteroatoms. The highest BCUT2D eigenvalue weighted by molar-refractivity contribution is 6.32. The highest BCUT2D eigenvalue weighted by atomic mass is 35.5. The van der Waals surface area contributed by atoms with Crippen LogP contribution in [0, 0.1) is 5.41 Å². The van der Waals surface area contributed by atoms with E-state index in [-0.39, 0.29) is 5.91 Å². The van der Waals surface area contributed by atoms with Crippen molar-refractivity contribution in [2.45, 2.75) is 20.3 Å². The molecular weight excluding hydrogens is 252 g/mol. The van der Waals surface area contributed by atoms with Crippen molar-refractivity contribution in [1.29, 1.82) is 0 Å². The Morgan fingerprint density at radius 2 is 2.17 bits per heavy atom. The van der Waals surface area contributed by atoms with Crippen LogP contribution in [-0.2, 0) is 4.79 Å². The number of amides is 1. The molecule has 0 radical (unpaired) electrons. The van der Waals surface area contributed by atoms with Gasteiger partial charge in [0, 0.05) is 12.0 Å². The molecule has 0 atom stereocenters. The molecule has 0 saturated carbocycles. The molecule has 96 valence electrons. The largest absolute Gasteiger partial charge is 0.495 e. The average molecular weight is 267 g/mol. The number of carbonyl (C=O) groups is 1. The van der Waals surface area contributed by atoms with Gasteiger partial charge in [0.25, 0.3) is 0 Å². The van der Waals surface area contributed by atoms with Gasteiger partial charge < -0.3 is 4.74 Å². The SMILES string of the molecule is COc1cc(C2=NNC(=O)C(C)(C)C2)ccc1Cl. The smallest absolute Gasteiger partial charge is 0.246 e. The van der Waals surface area contributed by atoms with Crippen LogP contribution in [0.2, 0.25) is 5.02 Å². The summed E-state index contributed by atoms with van der Waals surface area (Å²) in [6.07, 6.45) is 0.587. The molecule has 1 aromatic rings. The summed E-state index contributed by atoms with van der Waals surface area (Å²) < 4.78 is 5.18. The summed E-state index contributed by atoms with van der Waals surface area (Å²) in [6.45, 7) is 3.79. The van der Waals surface area contributed by atoms with Gasteiger partial charge in [-0.05, 0) is 12.1 Å². The minimum absolute atomic E-state index is 0.0628. The first-order valence-electron chi connectivity index (χ1n) is 5.65. The fourth-order valence-corrected chi connectivity index (χ4v) is 2.01. The van der Waals surface area contributed by atoms with E-state index in [0.717, 1.165) is 11.3 Å². The third-order valence-electron chi connectivity index (χ3n) is 3.00. The predicted octanol–water partition coefficient (Wildman–Crippen LogP) is 2.60. The molecule has 1 heterocycles. The fourth-order valence-electron chi connectivity index (χ4n) is 1.81. The lowest BCUT2D eigenvalue weighted by Gasteiger charge is -2.27. The van der Waals surface area contributed by atoms with Crippen LogP contribution in [-0.4, -0.2) is 18.7 Å². The number of hydrogen-bond donors (Lipinski definition) is 1. The zero-order valence-corrected chi connectivity index (χ0v) is 11.3. The molecule has 0 saturated heterocycles. The van der Waals surface area contributed by atoms with Crippen molar-refractivity contribution in [2.24, 2.45) is 10.5 Å². The maximum Gasteiger partial charge on any atom is 0.246 e. The van der Waals surface area contributed by atoms with E-state index in [1.807, 2.05) is 26.0 Å². The van der Waals surface area contributed by atoms with E-state index in [9.17, 15) is 4.79 Å². The Bertz CT molecular complexity index is 524. The van der Waals surface area contributed by atoms with E-state index in [0.29, 0.717) is 17.2 Å². The third-order valence-corrected chi connectivity index (χ3v) is 3.31. The lowest BCUT2D eigenvalue weighted by molar-refractivity contribution is -0.129. The molecule has 2 rings (SSSR count). The van der Waals surface area contributed by atoms with Crippen LogP contribution in [0.3, 0.4) is 0 Å². The van der Waals surface area contributed by atoms with Crippen molar-refractivity contribution in [3.63, 3.8) is 0 Å². The molecule has 0 aromatic heterocycles. The monoisotopic (exact) mass is 266 g/mol. The highest BCUT2D eigenvalue weighted by Crippen LogP contribution is 2.30. The number of hydrogen-bond acceptors (Lipinski definition) is 3. The molecule has 1 amide bonds. The zero-order chi connectivity index (χ0) is 13.3. The summed E-state index contributed by atoms with van der Waals surface area (Å²) in [6, 6.07) is 5.47. The Hall–Kier alpha value is -1.55. The number of ether oxygens (including phenoxy) is 1. The average Bonchev–Trinajstić information content (AvgIpc) is 2.33. The number of methoxy groups -OCH3 is 1. The Kier molecular flexibility index (Phi) is 3.30. The molecule has 0 fully saturated rings. The zero-order valence-electron chi connectivity index (χ0n) is 10.6. The van der Waals surface area contributed by atoms with Gasteiger partial charge in [-0.3, -0.25) is 4.79 Å². The van der Waals surface area contributed by atoms with Crippen LogP contribution in [0.5, 0.6) is 5.75 Å². The molecule has 1 aromatic carbocycles. The van der Waals surface area contributed by atoms with Crippen LogP contribution in [0.4, 0.5) is 0 Å². The fraction of sp³-hybridized carbons (Fsp3) is 0.385. The van der Waals surface area contributed by atoms with E-state index in [1.54, 1.807) is 13.2 Å². The topological polar surface area (TPSA) is 50.7 Å². The number of carbonyl (C=O) groups excluding carboxylic acids is 1. The van der Waals surface area contributed by atoms with Crippen LogP contribution in [0.15, 0.2) is 23.3 Å². The molecule has 0 spiro atoms. The minimum Gasteiger partial charge on any atom is -0.495 e. The first-order chi connectivity index (χ1) is 8.44. The van der Waals surface area contributed by atoms with E-state index >= 15 is 0 Å². The molecule has 4 nitrogen and oxygen atoms in total. The highest BCUT2D eigenvalue weighted by Gasteiger charge is 2.33. The van der Waals surface area contributed by atoms with Gasteiger partial charge in [-0.15, -0.1) is 0 Å². The second-order valence-electron chi connectivity index (χ2n) is 4.91. The second kappa shape index (κ2) is 4.61. The Labute approximate surface area is 111 Å². The van der Waals surface area contributed by atoms with E-state index < -0.39 is 5.41 Å². The number of rotatable bonds is 2. The predicted molar refractivity (Wildman–Crippen MR) is 71.1 cm³/mol. The normalized spacial score (nSPS) is 18.0. The number of halogens is 1. The maximum atomic E-state index is 11.6. The molecule has 1 aliphatic heterocycles. The van der Waals surface area contributed by atoms with Crippen LogP contribution in [0.25, 0.3) is 0 Å². The second-order valence-corrected chi connectivity index (χ2v) is 5.32. The van der Waals surface area contributed by atoms with Gasteiger partial charge in [0.05, 0.1) is 23.3 Å². The number of hydrazone groups is 1. The van der Waals surface area contributed by atoms with Crippen molar-refractivity contribution >= 4 is 23.2 Å². The summed E-state index contributed by atoms with van der Waals surface area (Å²) in [7, 11) is 1.57. The quantitative estimate of drug-likeness (QED) is 0.895. The molecule has 0 unspecified atom stereocenters. The van der Waals surface area contributed by atoms with Crippen molar-refractivity contribution < 1.29 is 9.53 Å². The lowest BCUT2D eigenvalue weighted by atomic mass is 9.83. The maximum absolute atomic E-state index is 11.6. The minimum atomic E-state index is -0.454. The summed E-state index contributed by atoms with van der Waals surface area (Å²) in [4.78, 5) is 11.6. The standard InChI is InChI=1S/C13H15ClN2O2/c1-13(2)7-10(15-16-12(13)17)8-4-5-9(14)11(6-8)18-3/h4-6H,7H2,1-3H3,(H,16,17). The number of benzene rings is 1. The van der Waals surface area contributed by atoms with Gasteiger partial charge in [-0.2, -0.15) is 5.10 Å². The van der Waals surface area contributed by atoms with Crippen molar-refractivity contribution in [2.75, 3.05) is 7.11 Å². The molecular formula is C13H15ClN2O2. The number of nitrogens with one attached hydrogen (secondary N) is 1. The van der Waals surface area contributed by atoms with Crippen molar-refractivity contribution in [3.8, 4) is 5.75 Å². The summed E-state index contributed by atoms with van der Waals surface area (Å²) in [5.41, 5.74) is 3.83. The summed E-state index contributed by atoms with van der Waals surface area (Å²) in [5.74, 6) is 0.541. The number of nitrogens with zero attached hydrogens (tertiary/aromatic N) is 1.